The van der Waals surface area contributed by atoms with Crippen LogP contribution in [-0.2, 0) is 6.42 Å². The maximum atomic E-state index is 13.6. The zero-order valence-electron chi connectivity index (χ0n) is 19.1. The van der Waals surface area contributed by atoms with Crippen LogP contribution in [-0.4, -0.2) is 27.4 Å². The van der Waals surface area contributed by atoms with Crippen LogP contribution in [0, 0.1) is 5.82 Å². The average molecular weight is 414 g/mol. The zero-order valence-corrected chi connectivity index (χ0v) is 19.1. The topological polar surface area (TPSA) is 53.4 Å². The van der Waals surface area contributed by atoms with Crippen molar-refractivity contribution in [2.75, 3.05) is 0 Å². The Morgan fingerprint density at radius 1 is 0.967 bits per heavy atom. The van der Waals surface area contributed by atoms with Gasteiger partial charge in [0.2, 0.25) is 0 Å². The molecular weight excluding hydrogens is 377 g/mol. The van der Waals surface area contributed by atoms with Crippen molar-refractivity contribution >= 4 is 6.08 Å². The van der Waals surface area contributed by atoms with Gasteiger partial charge in [0.15, 0.2) is 0 Å². The molecule has 0 radical (unpaired) electrons. The lowest BCUT2D eigenvalue weighted by atomic mass is 9.86. The summed E-state index contributed by atoms with van der Waals surface area (Å²) in [5.41, 5.74) is 6.16. The van der Waals surface area contributed by atoms with Crippen molar-refractivity contribution in [3.8, 4) is 11.1 Å². The van der Waals surface area contributed by atoms with E-state index in [1.54, 1.807) is 6.08 Å². The molecule has 0 aliphatic carbocycles. The normalized spacial score (nSPS) is 14.1. The molecule has 2 rings (SSSR count). The molecule has 0 bridgehead atoms. The van der Waals surface area contributed by atoms with Crippen molar-refractivity contribution < 1.29 is 14.6 Å². The van der Waals surface area contributed by atoms with Gasteiger partial charge in [0.25, 0.3) is 0 Å². The van der Waals surface area contributed by atoms with Gasteiger partial charge in [0, 0.05) is 17.7 Å². The minimum atomic E-state index is -0.740. The second-order valence-corrected chi connectivity index (χ2v) is 8.54. The Hall–Kier alpha value is -2.04. The molecule has 2 unspecified atom stereocenters. The van der Waals surface area contributed by atoms with E-state index in [0.29, 0.717) is 12.8 Å². The molecule has 0 amide bonds. The van der Waals surface area contributed by atoms with E-state index in [1.165, 1.54) is 12.1 Å². The lowest BCUT2D eigenvalue weighted by molar-refractivity contribution is 0.102. The van der Waals surface area contributed by atoms with Crippen molar-refractivity contribution in [2.45, 2.75) is 84.8 Å². The van der Waals surface area contributed by atoms with Gasteiger partial charge >= 0.3 is 0 Å². The first-order valence-electron chi connectivity index (χ1n) is 11.1. The molecule has 2 aromatic rings. The van der Waals surface area contributed by atoms with Crippen LogP contribution in [0.2, 0.25) is 0 Å². The number of pyridine rings is 1. The maximum absolute atomic E-state index is 13.6. The third-order valence-corrected chi connectivity index (χ3v) is 5.45. The second kappa shape index (κ2) is 10.8. The number of benzene rings is 1. The summed E-state index contributed by atoms with van der Waals surface area (Å²) in [5.74, 6) is 0.186. The van der Waals surface area contributed by atoms with Crippen molar-refractivity contribution in [1.29, 1.82) is 0 Å². The Bertz CT molecular complexity index is 856. The van der Waals surface area contributed by atoms with Crippen LogP contribution in [0.25, 0.3) is 17.2 Å². The third kappa shape index (κ3) is 5.77. The first kappa shape index (κ1) is 24.2. The highest BCUT2D eigenvalue weighted by Gasteiger charge is 2.22. The molecule has 3 nitrogen and oxygen atoms in total. The van der Waals surface area contributed by atoms with Gasteiger partial charge in [-0.2, -0.15) is 0 Å². The molecule has 1 aromatic carbocycles. The quantitative estimate of drug-likeness (QED) is 0.512. The van der Waals surface area contributed by atoms with Crippen molar-refractivity contribution in [3.63, 3.8) is 0 Å². The van der Waals surface area contributed by atoms with E-state index in [1.807, 2.05) is 25.1 Å². The van der Waals surface area contributed by atoms with Crippen LogP contribution in [0.5, 0.6) is 0 Å². The van der Waals surface area contributed by atoms with E-state index in [2.05, 4.69) is 34.6 Å². The zero-order chi connectivity index (χ0) is 22.4. The molecule has 0 fully saturated rings. The van der Waals surface area contributed by atoms with Gasteiger partial charge < -0.3 is 10.2 Å². The lowest BCUT2D eigenvalue weighted by Crippen LogP contribution is -2.15. The van der Waals surface area contributed by atoms with Crippen molar-refractivity contribution in [1.82, 2.24) is 4.98 Å². The van der Waals surface area contributed by atoms with Crippen LogP contribution in [0.15, 0.2) is 30.3 Å². The Labute approximate surface area is 180 Å². The van der Waals surface area contributed by atoms with E-state index >= 15 is 0 Å². The summed E-state index contributed by atoms with van der Waals surface area (Å²) in [5, 5.41) is 20.3. The summed E-state index contributed by atoms with van der Waals surface area (Å²) in [6.07, 6.45) is 4.11. The average Bonchev–Trinajstić information content (AvgIpc) is 2.71. The summed E-state index contributed by atoms with van der Waals surface area (Å²) in [4.78, 5) is 5.04. The molecule has 0 saturated heterocycles. The highest BCUT2D eigenvalue weighted by molar-refractivity contribution is 5.80. The number of halogens is 1. The summed E-state index contributed by atoms with van der Waals surface area (Å²) in [6.45, 7) is 12.5. The highest BCUT2D eigenvalue weighted by Crippen LogP contribution is 2.37. The molecule has 1 heterocycles. The van der Waals surface area contributed by atoms with Gasteiger partial charge in [-0.3, -0.25) is 4.98 Å². The Morgan fingerprint density at radius 2 is 1.57 bits per heavy atom. The lowest BCUT2D eigenvalue weighted by Gasteiger charge is -2.23. The number of aliphatic hydroxyl groups excluding tert-OH is 2. The van der Waals surface area contributed by atoms with Crippen molar-refractivity contribution in [2.24, 2.45) is 0 Å². The first-order valence-corrected chi connectivity index (χ1v) is 11.1. The standard InChI is InChI=1S/C26H36FNO2/c1-7-20(29)15-21(30)13-14-23-24(18-9-11-19(27)12-10-18)22(8-2)25(16(3)4)28-26(23)17(5)6/h9-14,16-17,20-21,29-30H,7-8,15H2,1-6H3/b14-13+. The molecule has 30 heavy (non-hydrogen) atoms. The van der Waals surface area contributed by atoms with E-state index in [-0.39, 0.29) is 17.7 Å². The van der Waals surface area contributed by atoms with Crippen LogP contribution in [0.4, 0.5) is 4.39 Å². The van der Waals surface area contributed by atoms with E-state index in [4.69, 9.17) is 4.98 Å². The number of aliphatic hydroxyl groups is 2. The monoisotopic (exact) mass is 413 g/mol. The predicted octanol–water partition coefficient (Wildman–Crippen LogP) is 6.23. The van der Waals surface area contributed by atoms with Crippen LogP contribution in [0.1, 0.15) is 88.7 Å². The fraction of sp³-hybridized carbons (Fsp3) is 0.500. The van der Waals surface area contributed by atoms with E-state index < -0.39 is 12.2 Å². The number of hydrogen-bond donors (Lipinski definition) is 2. The van der Waals surface area contributed by atoms with Gasteiger partial charge in [-0.05, 0) is 53.5 Å². The van der Waals surface area contributed by atoms with Gasteiger partial charge in [-0.15, -0.1) is 0 Å². The second-order valence-electron chi connectivity index (χ2n) is 8.54. The highest BCUT2D eigenvalue weighted by atomic mass is 19.1. The summed E-state index contributed by atoms with van der Waals surface area (Å²) in [7, 11) is 0. The van der Waals surface area contributed by atoms with Crippen LogP contribution >= 0.6 is 0 Å². The minimum Gasteiger partial charge on any atom is -0.393 e. The van der Waals surface area contributed by atoms with Gasteiger partial charge in [0.1, 0.15) is 5.82 Å². The SMILES string of the molecule is CCc1c(C(C)C)nc(C(C)C)c(/C=C/C(O)CC(O)CC)c1-c1ccc(F)cc1. The molecular formula is C26H36FNO2. The number of rotatable bonds is 9. The molecule has 0 aliphatic rings. The number of nitrogens with zero attached hydrogens (tertiary/aromatic N) is 1. The molecule has 2 atom stereocenters. The Balaban J connectivity index is 2.74. The molecule has 0 spiro atoms. The predicted molar refractivity (Wildman–Crippen MR) is 123 cm³/mol. The van der Waals surface area contributed by atoms with Crippen molar-refractivity contribution in [3.05, 3.63) is 58.7 Å². The fourth-order valence-electron chi connectivity index (χ4n) is 3.80. The fourth-order valence-corrected chi connectivity index (χ4v) is 3.80. The van der Waals surface area contributed by atoms with E-state index in [0.717, 1.165) is 40.1 Å². The molecule has 0 saturated carbocycles. The number of aromatic nitrogens is 1. The summed E-state index contributed by atoms with van der Waals surface area (Å²) >= 11 is 0. The Kier molecular flexibility index (Phi) is 8.75. The van der Waals surface area contributed by atoms with Gasteiger partial charge in [-0.1, -0.05) is 65.8 Å². The molecule has 2 N–H and O–H groups in total. The molecule has 164 valence electrons. The molecule has 4 heteroatoms. The van der Waals surface area contributed by atoms with Gasteiger partial charge in [-0.25, -0.2) is 4.39 Å². The van der Waals surface area contributed by atoms with E-state index in [9.17, 15) is 14.6 Å². The first-order chi connectivity index (χ1) is 14.2. The molecule has 1 aromatic heterocycles. The smallest absolute Gasteiger partial charge is 0.123 e. The summed E-state index contributed by atoms with van der Waals surface area (Å²) in [6, 6.07) is 6.60. The van der Waals surface area contributed by atoms with Gasteiger partial charge in [0.05, 0.1) is 17.9 Å². The summed E-state index contributed by atoms with van der Waals surface area (Å²) < 4.78 is 13.6. The third-order valence-electron chi connectivity index (χ3n) is 5.45. The van der Waals surface area contributed by atoms with Crippen LogP contribution < -0.4 is 0 Å². The minimum absolute atomic E-state index is 0.186. The van der Waals surface area contributed by atoms with Crippen LogP contribution in [0.3, 0.4) is 0 Å². The molecule has 0 aliphatic heterocycles. The Morgan fingerprint density at radius 3 is 2.07 bits per heavy atom. The largest absolute Gasteiger partial charge is 0.393 e. The maximum Gasteiger partial charge on any atom is 0.123 e. The number of hydrogen-bond acceptors (Lipinski definition) is 3.